The second-order valence-corrected chi connectivity index (χ2v) is 9.82. The highest BCUT2D eigenvalue weighted by Gasteiger charge is 2.31. The molecule has 0 unspecified atom stereocenters. The van der Waals surface area contributed by atoms with Gasteiger partial charge in [-0.2, -0.15) is 0 Å². The van der Waals surface area contributed by atoms with Crippen LogP contribution >= 0.6 is 11.3 Å². The smallest absolute Gasteiger partial charge is 0.264 e. The first-order valence-corrected chi connectivity index (χ1v) is 11.9. The Bertz CT molecular complexity index is 1020. The van der Waals surface area contributed by atoms with Crippen LogP contribution in [-0.2, 0) is 9.59 Å². The van der Waals surface area contributed by atoms with E-state index in [1.807, 2.05) is 49.9 Å². The van der Waals surface area contributed by atoms with Crippen LogP contribution in [0.5, 0.6) is 0 Å². The van der Waals surface area contributed by atoms with Crippen molar-refractivity contribution in [2.75, 3.05) is 43.4 Å². The van der Waals surface area contributed by atoms with Gasteiger partial charge in [-0.1, -0.05) is 18.2 Å². The molecule has 1 aromatic heterocycles. The number of carbonyl (C=O) groups excluding carboxylic acids is 3. The van der Waals surface area contributed by atoms with Crippen molar-refractivity contribution in [2.45, 2.75) is 33.6 Å². The molecule has 2 N–H and O–H groups in total. The van der Waals surface area contributed by atoms with Crippen LogP contribution < -0.4 is 10.6 Å². The predicted molar refractivity (Wildman–Crippen MR) is 127 cm³/mol. The summed E-state index contributed by atoms with van der Waals surface area (Å²) in [6.07, 6.45) is 1.91. The molecule has 4 rings (SSSR count). The molecule has 0 spiro atoms. The number of hydrogen-bond acceptors (Lipinski definition) is 5. The summed E-state index contributed by atoms with van der Waals surface area (Å²) in [5, 5.41) is 6.71. The third-order valence-corrected chi connectivity index (χ3v) is 7.22. The summed E-state index contributed by atoms with van der Waals surface area (Å²) in [5.74, 6) is 0.154. The van der Waals surface area contributed by atoms with E-state index >= 15 is 0 Å². The van der Waals surface area contributed by atoms with Gasteiger partial charge in [-0.05, 0) is 56.4 Å². The number of piperazine rings is 1. The van der Waals surface area contributed by atoms with Crippen molar-refractivity contribution >= 4 is 39.7 Å². The largest absolute Gasteiger partial charge is 0.335 e. The highest BCUT2D eigenvalue weighted by atomic mass is 32.1. The van der Waals surface area contributed by atoms with Gasteiger partial charge in [-0.15, -0.1) is 11.3 Å². The fourth-order valence-electron chi connectivity index (χ4n) is 3.97. The lowest BCUT2D eigenvalue weighted by molar-refractivity contribution is -0.118. The molecule has 170 valence electrons. The monoisotopic (exact) mass is 454 g/mol. The number of benzene rings is 1. The first-order valence-electron chi connectivity index (χ1n) is 11.1. The van der Waals surface area contributed by atoms with E-state index in [2.05, 4.69) is 15.5 Å². The lowest BCUT2D eigenvalue weighted by atomic mass is 10.1. The zero-order valence-electron chi connectivity index (χ0n) is 18.9. The van der Waals surface area contributed by atoms with Crippen LogP contribution in [-0.4, -0.2) is 60.2 Å². The molecule has 0 bridgehead atoms. The van der Waals surface area contributed by atoms with Gasteiger partial charge in [0.05, 0.1) is 16.4 Å². The molecular weight excluding hydrogens is 424 g/mol. The quantitative estimate of drug-likeness (QED) is 0.701. The summed E-state index contributed by atoms with van der Waals surface area (Å²) < 4.78 is 0. The molecule has 2 fully saturated rings. The van der Waals surface area contributed by atoms with Gasteiger partial charge in [-0.25, -0.2) is 0 Å². The number of para-hydroxylation sites is 1. The Hall–Kier alpha value is -2.71. The first-order chi connectivity index (χ1) is 15.3. The Labute approximate surface area is 192 Å². The normalized spacial score (nSPS) is 16.7. The van der Waals surface area contributed by atoms with Crippen molar-refractivity contribution in [3.8, 4) is 0 Å². The Kier molecular flexibility index (Phi) is 6.62. The topological polar surface area (TPSA) is 81.8 Å². The summed E-state index contributed by atoms with van der Waals surface area (Å²) in [4.78, 5) is 42.2. The lowest BCUT2D eigenvalue weighted by Gasteiger charge is -2.34. The van der Waals surface area contributed by atoms with Gasteiger partial charge in [0.2, 0.25) is 11.8 Å². The van der Waals surface area contributed by atoms with E-state index < -0.39 is 0 Å². The van der Waals surface area contributed by atoms with Crippen LogP contribution in [0.1, 0.15) is 39.2 Å². The van der Waals surface area contributed by atoms with E-state index in [9.17, 15) is 14.4 Å². The Morgan fingerprint density at radius 3 is 2.25 bits per heavy atom. The molecule has 32 heavy (non-hydrogen) atoms. The summed E-state index contributed by atoms with van der Waals surface area (Å²) in [6.45, 7) is 8.66. The lowest BCUT2D eigenvalue weighted by Crippen LogP contribution is -2.50. The van der Waals surface area contributed by atoms with Crippen molar-refractivity contribution in [3.63, 3.8) is 0 Å². The number of nitrogens with one attached hydrogen (secondary N) is 2. The number of nitrogens with zero attached hydrogens (tertiary/aromatic N) is 2. The summed E-state index contributed by atoms with van der Waals surface area (Å²) in [6, 6.07) is 7.84. The van der Waals surface area contributed by atoms with Gasteiger partial charge in [-0.3, -0.25) is 19.3 Å². The highest BCUT2D eigenvalue weighted by Crippen LogP contribution is 2.33. The van der Waals surface area contributed by atoms with Gasteiger partial charge in [0, 0.05) is 37.8 Å². The zero-order valence-corrected chi connectivity index (χ0v) is 19.7. The first kappa shape index (κ1) is 22.5. The Morgan fingerprint density at radius 1 is 0.969 bits per heavy atom. The molecule has 3 amide bonds. The second kappa shape index (κ2) is 9.42. The molecule has 1 saturated carbocycles. The Morgan fingerprint density at radius 2 is 1.62 bits per heavy atom. The van der Waals surface area contributed by atoms with Crippen molar-refractivity contribution in [3.05, 3.63) is 45.8 Å². The number of carbonyl (C=O) groups is 3. The van der Waals surface area contributed by atoms with Crippen LogP contribution in [0.2, 0.25) is 0 Å². The minimum absolute atomic E-state index is 0.000873. The molecule has 2 aliphatic rings. The molecular formula is C24H30N4O3S. The predicted octanol–water partition coefficient (Wildman–Crippen LogP) is 3.42. The summed E-state index contributed by atoms with van der Waals surface area (Å²) in [7, 11) is 0. The van der Waals surface area contributed by atoms with Gasteiger partial charge in [0.25, 0.3) is 5.91 Å². The maximum absolute atomic E-state index is 13.0. The fourth-order valence-corrected chi connectivity index (χ4v) is 5.01. The summed E-state index contributed by atoms with van der Waals surface area (Å²) in [5.41, 5.74) is 3.87. The average Bonchev–Trinajstić information content (AvgIpc) is 3.54. The minimum Gasteiger partial charge on any atom is -0.335 e. The molecule has 2 aromatic rings. The number of hydrogen-bond donors (Lipinski definition) is 2. The third kappa shape index (κ3) is 5.19. The third-order valence-electron chi connectivity index (χ3n) is 6.08. The van der Waals surface area contributed by atoms with Crippen LogP contribution in [0.4, 0.5) is 10.7 Å². The van der Waals surface area contributed by atoms with E-state index in [1.165, 1.54) is 11.3 Å². The van der Waals surface area contributed by atoms with Crippen LogP contribution in [0.25, 0.3) is 0 Å². The maximum atomic E-state index is 13.0. The van der Waals surface area contributed by atoms with Crippen molar-refractivity contribution < 1.29 is 14.4 Å². The summed E-state index contributed by atoms with van der Waals surface area (Å²) >= 11 is 1.35. The van der Waals surface area contributed by atoms with E-state index in [0.29, 0.717) is 37.6 Å². The second-order valence-electron chi connectivity index (χ2n) is 8.77. The molecule has 8 heteroatoms. The number of amides is 3. The molecule has 1 aliphatic carbocycles. The SMILES string of the molecule is Cc1cc(NC(=O)C2CC2)sc1C(=O)N1CCN(CC(=O)Nc2c(C)cccc2C)CC1. The van der Waals surface area contributed by atoms with Gasteiger partial charge < -0.3 is 15.5 Å². The number of rotatable bonds is 6. The molecule has 1 aliphatic heterocycles. The highest BCUT2D eigenvalue weighted by molar-refractivity contribution is 7.18. The van der Waals surface area contributed by atoms with Gasteiger partial charge >= 0.3 is 0 Å². The van der Waals surface area contributed by atoms with E-state index in [1.54, 1.807) is 0 Å². The molecule has 2 heterocycles. The van der Waals surface area contributed by atoms with E-state index in [-0.39, 0.29) is 23.6 Å². The van der Waals surface area contributed by atoms with Crippen LogP contribution in [0.15, 0.2) is 24.3 Å². The van der Waals surface area contributed by atoms with Crippen LogP contribution in [0.3, 0.4) is 0 Å². The standard InChI is InChI=1S/C24H30N4O3S/c1-15-5-4-6-16(2)21(15)25-19(29)14-27-9-11-28(12-10-27)24(31)22-17(3)13-20(32-22)26-23(30)18-7-8-18/h4-6,13,18H,7-12,14H2,1-3H3,(H,25,29)(H,26,30). The van der Waals surface area contributed by atoms with E-state index in [4.69, 9.17) is 0 Å². The maximum Gasteiger partial charge on any atom is 0.264 e. The van der Waals surface area contributed by atoms with E-state index in [0.717, 1.165) is 40.2 Å². The van der Waals surface area contributed by atoms with Gasteiger partial charge in [0.1, 0.15) is 0 Å². The van der Waals surface area contributed by atoms with Crippen LogP contribution in [0, 0.1) is 26.7 Å². The minimum atomic E-state index is -0.0349. The Balaban J connectivity index is 1.29. The fraction of sp³-hybridized carbons (Fsp3) is 0.458. The number of aryl methyl sites for hydroxylation is 3. The van der Waals surface area contributed by atoms with Gasteiger partial charge in [0.15, 0.2) is 0 Å². The van der Waals surface area contributed by atoms with Crippen molar-refractivity contribution in [1.82, 2.24) is 9.80 Å². The zero-order chi connectivity index (χ0) is 22.8. The number of anilines is 2. The molecule has 1 saturated heterocycles. The molecule has 1 aromatic carbocycles. The van der Waals surface area contributed by atoms with Crippen molar-refractivity contribution in [1.29, 1.82) is 0 Å². The molecule has 7 nitrogen and oxygen atoms in total. The van der Waals surface area contributed by atoms with Crippen molar-refractivity contribution in [2.24, 2.45) is 5.92 Å². The molecule has 0 radical (unpaired) electrons. The average molecular weight is 455 g/mol. The number of thiophene rings is 1. The molecule has 0 atom stereocenters.